The zero-order chi connectivity index (χ0) is 14.7. The number of aromatic amines is 1. The Morgan fingerprint density at radius 1 is 1.67 bits per heavy atom. The van der Waals surface area contributed by atoms with Crippen LogP contribution in [0.3, 0.4) is 0 Å². The predicted molar refractivity (Wildman–Crippen MR) is 79.6 cm³/mol. The van der Waals surface area contributed by atoms with Gasteiger partial charge in [0.25, 0.3) is 5.91 Å². The number of rotatable bonds is 5. The van der Waals surface area contributed by atoms with Crippen molar-refractivity contribution in [1.82, 2.24) is 20.5 Å². The van der Waals surface area contributed by atoms with E-state index in [2.05, 4.69) is 27.4 Å². The number of carbonyl (C=O) groups excluding carboxylic acids is 1. The van der Waals surface area contributed by atoms with E-state index in [4.69, 9.17) is 4.74 Å². The van der Waals surface area contributed by atoms with Gasteiger partial charge < -0.3 is 10.1 Å². The summed E-state index contributed by atoms with van der Waals surface area (Å²) in [6, 6.07) is 0. The standard InChI is InChI=1S/C14H18N4O2S/c1-9(14-15-3-5-21-14)6-16-13(19)11-7-17-18-12(11)10-2-4-20-8-10/h3,5,7,9-10H,2,4,6,8H2,1H3,(H,16,19)(H,17,18). The van der Waals surface area contributed by atoms with E-state index in [1.807, 2.05) is 5.38 Å². The van der Waals surface area contributed by atoms with E-state index in [9.17, 15) is 4.79 Å². The Hall–Kier alpha value is -1.73. The van der Waals surface area contributed by atoms with Crippen LogP contribution >= 0.6 is 11.3 Å². The van der Waals surface area contributed by atoms with Gasteiger partial charge in [-0.25, -0.2) is 4.98 Å². The van der Waals surface area contributed by atoms with Crippen molar-refractivity contribution < 1.29 is 9.53 Å². The van der Waals surface area contributed by atoms with Crippen LogP contribution in [0.1, 0.15) is 46.2 Å². The van der Waals surface area contributed by atoms with Crippen molar-refractivity contribution >= 4 is 17.2 Å². The van der Waals surface area contributed by atoms with Crippen LogP contribution < -0.4 is 5.32 Å². The molecule has 0 saturated carbocycles. The first-order chi connectivity index (χ1) is 10.3. The molecule has 2 aromatic heterocycles. The highest BCUT2D eigenvalue weighted by Gasteiger charge is 2.25. The maximum absolute atomic E-state index is 12.3. The van der Waals surface area contributed by atoms with E-state index in [-0.39, 0.29) is 17.7 Å². The van der Waals surface area contributed by atoms with Gasteiger partial charge in [-0.3, -0.25) is 9.89 Å². The SMILES string of the molecule is CC(CNC(=O)c1cn[nH]c1C1CCOC1)c1nccs1. The second-order valence-electron chi connectivity index (χ2n) is 5.24. The normalized spacial score (nSPS) is 19.6. The summed E-state index contributed by atoms with van der Waals surface area (Å²) >= 11 is 1.61. The fourth-order valence-corrected chi connectivity index (χ4v) is 3.16. The van der Waals surface area contributed by atoms with Gasteiger partial charge in [-0.1, -0.05) is 6.92 Å². The third-order valence-electron chi connectivity index (χ3n) is 3.69. The molecule has 0 bridgehead atoms. The molecule has 2 N–H and O–H groups in total. The average Bonchev–Trinajstić information content (AvgIpc) is 3.25. The highest BCUT2D eigenvalue weighted by Crippen LogP contribution is 2.26. The molecule has 3 rings (SSSR count). The summed E-state index contributed by atoms with van der Waals surface area (Å²) in [7, 11) is 0. The molecule has 1 aliphatic rings. The van der Waals surface area contributed by atoms with Crippen LogP contribution in [0.4, 0.5) is 0 Å². The number of carbonyl (C=O) groups is 1. The third-order valence-corrected chi connectivity index (χ3v) is 4.70. The smallest absolute Gasteiger partial charge is 0.254 e. The minimum absolute atomic E-state index is 0.0888. The van der Waals surface area contributed by atoms with Crippen LogP contribution in [0, 0.1) is 0 Å². The number of aromatic nitrogens is 3. The number of amides is 1. The van der Waals surface area contributed by atoms with Gasteiger partial charge >= 0.3 is 0 Å². The molecule has 6 nitrogen and oxygen atoms in total. The molecule has 0 aromatic carbocycles. The van der Waals surface area contributed by atoms with Crippen LogP contribution in [-0.2, 0) is 4.74 Å². The number of H-pyrrole nitrogens is 1. The Morgan fingerprint density at radius 2 is 2.57 bits per heavy atom. The van der Waals surface area contributed by atoms with E-state index >= 15 is 0 Å². The maximum atomic E-state index is 12.3. The minimum Gasteiger partial charge on any atom is -0.381 e. The molecule has 2 unspecified atom stereocenters. The molecule has 21 heavy (non-hydrogen) atoms. The van der Waals surface area contributed by atoms with Gasteiger partial charge in [0.2, 0.25) is 0 Å². The number of thiazole rings is 1. The molecule has 3 heterocycles. The zero-order valence-electron chi connectivity index (χ0n) is 11.8. The van der Waals surface area contributed by atoms with E-state index in [0.29, 0.717) is 18.7 Å². The second-order valence-corrected chi connectivity index (χ2v) is 6.17. The molecular weight excluding hydrogens is 288 g/mol. The zero-order valence-corrected chi connectivity index (χ0v) is 12.7. The van der Waals surface area contributed by atoms with Gasteiger partial charge in [0.15, 0.2) is 0 Å². The van der Waals surface area contributed by atoms with Crippen LogP contribution in [0.15, 0.2) is 17.8 Å². The lowest BCUT2D eigenvalue weighted by atomic mass is 10.0. The molecule has 7 heteroatoms. The Balaban J connectivity index is 1.62. The molecule has 1 aliphatic heterocycles. The minimum atomic E-state index is -0.0888. The van der Waals surface area contributed by atoms with Crippen LogP contribution in [0.5, 0.6) is 0 Å². The van der Waals surface area contributed by atoms with E-state index in [1.54, 1.807) is 23.7 Å². The summed E-state index contributed by atoms with van der Waals surface area (Å²) in [4.78, 5) is 16.6. The fraction of sp³-hybridized carbons (Fsp3) is 0.500. The first kappa shape index (κ1) is 14.2. The monoisotopic (exact) mass is 306 g/mol. The van der Waals surface area contributed by atoms with E-state index < -0.39 is 0 Å². The number of nitrogens with one attached hydrogen (secondary N) is 2. The third kappa shape index (κ3) is 3.14. The lowest BCUT2D eigenvalue weighted by molar-refractivity contribution is 0.0950. The average molecular weight is 306 g/mol. The molecule has 1 saturated heterocycles. The van der Waals surface area contributed by atoms with Gasteiger partial charge in [0, 0.05) is 36.6 Å². The highest BCUT2D eigenvalue weighted by atomic mass is 32.1. The van der Waals surface area contributed by atoms with E-state index in [0.717, 1.165) is 23.7 Å². The summed E-state index contributed by atoms with van der Waals surface area (Å²) in [5.74, 6) is 0.359. The molecule has 0 spiro atoms. The fourth-order valence-electron chi connectivity index (χ4n) is 2.46. The molecule has 112 valence electrons. The Kier molecular flexibility index (Phi) is 4.31. The van der Waals surface area contributed by atoms with Crippen molar-refractivity contribution in [2.45, 2.75) is 25.2 Å². The lowest BCUT2D eigenvalue weighted by Crippen LogP contribution is -2.28. The van der Waals surface area contributed by atoms with Crippen molar-refractivity contribution in [2.24, 2.45) is 0 Å². The summed E-state index contributed by atoms with van der Waals surface area (Å²) in [6.45, 7) is 4.02. The topological polar surface area (TPSA) is 79.9 Å². The Bertz CT molecular complexity index is 590. The van der Waals surface area contributed by atoms with Gasteiger partial charge in [-0.15, -0.1) is 11.3 Å². The van der Waals surface area contributed by atoms with E-state index in [1.165, 1.54) is 0 Å². The van der Waals surface area contributed by atoms with Crippen molar-refractivity contribution in [3.8, 4) is 0 Å². The van der Waals surface area contributed by atoms with Gasteiger partial charge in [-0.2, -0.15) is 5.10 Å². The van der Waals surface area contributed by atoms with Crippen molar-refractivity contribution in [2.75, 3.05) is 19.8 Å². The Labute approximate surface area is 126 Å². The Morgan fingerprint density at radius 3 is 3.29 bits per heavy atom. The van der Waals surface area contributed by atoms with Gasteiger partial charge in [-0.05, 0) is 6.42 Å². The second kappa shape index (κ2) is 6.36. The first-order valence-corrected chi connectivity index (χ1v) is 7.92. The molecule has 1 fully saturated rings. The predicted octanol–water partition coefficient (Wildman–Crippen LogP) is 1.90. The number of hydrogen-bond acceptors (Lipinski definition) is 5. The van der Waals surface area contributed by atoms with Crippen molar-refractivity contribution in [1.29, 1.82) is 0 Å². The quantitative estimate of drug-likeness (QED) is 0.884. The number of hydrogen-bond donors (Lipinski definition) is 2. The molecule has 1 amide bonds. The van der Waals surface area contributed by atoms with Crippen molar-refractivity contribution in [3.63, 3.8) is 0 Å². The van der Waals surface area contributed by atoms with Crippen LogP contribution in [-0.4, -0.2) is 40.8 Å². The lowest BCUT2D eigenvalue weighted by Gasteiger charge is -2.11. The van der Waals surface area contributed by atoms with Gasteiger partial charge in [0.05, 0.1) is 29.1 Å². The van der Waals surface area contributed by atoms with Gasteiger partial charge in [0.1, 0.15) is 0 Å². The summed E-state index contributed by atoms with van der Waals surface area (Å²) in [5.41, 5.74) is 1.50. The number of ether oxygens (including phenoxy) is 1. The highest BCUT2D eigenvalue weighted by molar-refractivity contribution is 7.09. The molecule has 0 radical (unpaired) electrons. The molecular formula is C14H18N4O2S. The molecule has 2 aromatic rings. The first-order valence-electron chi connectivity index (χ1n) is 7.04. The number of nitrogens with zero attached hydrogens (tertiary/aromatic N) is 2. The van der Waals surface area contributed by atoms with Crippen LogP contribution in [0.2, 0.25) is 0 Å². The van der Waals surface area contributed by atoms with Crippen LogP contribution in [0.25, 0.3) is 0 Å². The molecule has 2 atom stereocenters. The maximum Gasteiger partial charge on any atom is 0.254 e. The summed E-state index contributed by atoms with van der Waals surface area (Å²) in [6.07, 6.45) is 4.31. The summed E-state index contributed by atoms with van der Waals surface area (Å²) in [5, 5.41) is 12.9. The summed E-state index contributed by atoms with van der Waals surface area (Å²) < 4.78 is 5.38. The molecule has 0 aliphatic carbocycles. The van der Waals surface area contributed by atoms with Crippen molar-refractivity contribution in [3.05, 3.63) is 34.0 Å². The largest absolute Gasteiger partial charge is 0.381 e.